The fraction of sp³-hybridized carbons (Fsp3) is 0.550. The molecular formula is C20H29N7O3. The van der Waals surface area contributed by atoms with Gasteiger partial charge < -0.3 is 20.9 Å². The zero-order valence-corrected chi connectivity index (χ0v) is 17.6. The lowest BCUT2D eigenvalue weighted by Gasteiger charge is -2.35. The Morgan fingerprint density at radius 1 is 1.17 bits per heavy atom. The van der Waals surface area contributed by atoms with E-state index in [1.165, 1.54) is 7.11 Å². The zero-order valence-electron chi connectivity index (χ0n) is 17.6. The number of carbonyl (C=O) groups is 1. The number of rotatable bonds is 6. The lowest BCUT2D eigenvalue weighted by atomic mass is 9.91. The van der Waals surface area contributed by atoms with Crippen molar-refractivity contribution >= 4 is 11.8 Å². The third-order valence-corrected chi connectivity index (χ3v) is 4.99. The summed E-state index contributed by atoms with van der Waals surface area (Å²) in [4.78, 5) is 31.7. The molecule has 0 radical (unpaired) electrons. The van der Waals surface area contributed by atoms with Crippen LogP contribution in [0.25, 0.3) is 11.3 Å². The molecule has 3 rings (SSSR count). The molecule has 162 valence electrons. The predicted octanol–water partition coefficient (Wildman–Crippen LogP) is 1.50. The van der Waals surface area contributed by atoms with Crippen molar-refractivity contribution in [3.8, 4) is 17.3 Å². The van der Waals surface area contributed by atoms with E-state index in [4.69, 9.17) is 10.5 Å². The molecule has 1 fully saturated rings. The first-order valence-corrected chi connectivity index (χ1v) is 10.0. The molecule has 30 heavy (non-hydrogen) atoms. The van der Waals surface area contributed by atoms with Crippen LogP contribution in [-0.2, 0) is 0 Å². The van der Waals surface area contributed by atoms with Gasteiger partial charge in [0.1, 0.15) is 0 Å². The summed E-state index contributed by atoms with van der Waals surface area (Å²) >= 11 is 0. The molecule has 10 heteroatoms. The molecular weight excluding hydrogens is 386 g/mol. The summed E-state index contributed by atoms with van der Waals surface area (Å²) in [5, 5.41) is 12.8. The van der Waals surface area contributed by atoms with Crippen LogP contribution in [0.15, 0.2) is 24.8 Å². The van der Waals surface area contributed by atoms with Crippen LogP contribution in [-0.4, -0.2) is 62.4 Å². The second-order valence-corrected chi connectivity index (χ2v) is 8.13. The number of nitrogens with one attached hydrogen (secondary N) is 1. The second kappa shape index (κ2) is 9.31. The number of amides is 2. The number of anilines is 1. The van der Waals surface area contributed by atoms with E-state index in [1.807, 2.05) is 0 Å². The maximum Gasteiger partial charge on any atom is 0.323 e. The fourth-order valence-electron chi connectivity index (χ4n) is 3.34. The van der Waals surface area contributed by atoms with Gasteiger partial charge in [-0.3, -0.25) is 9.88 Å². The average molecular weight is 415 g/mol. The van der Waals surface area contributed by atoms with Crippen LogP contribution < -0.4 is 20.7 Å². The summed E-state index contributed by atoms with van der Waals surface area (Å²) in [7, 11) is 1.50. The van der Waals surface area contributed by atoms with E-state index in [9.17, 15) is 9.90 Å². The van der Waals surface area contributed by atoms with Crippen molar-refractivity contribution in [3.05, 3.63) is 24.8 Å². The standard InChI is InChI=1S/C20H29N7O3/c1-20(2,29)12-26-19(28)27(15-6-4-14(21)5-7-15)17-11-22-16(10-23-17)13-8-24-18(30-3)25-9-13/h8-11,14-15,29H,4-7,12,21H2,1-3H3,(H,26,28)/t14-,15-. The summed E-state index contributed by atoms with van der Waals surface area (Å²) in [5.74, 6) is 0.446. The average Bonchev–Trinajstić information content (AvgIpc) is 2.74. The van der Waals surface area contributed by atoms with E-state index in [1.54, 1.807) is 43.5 Å². The van der Waals surface area contributed by atoms with E-state index < -0.39 is 5.60 Å². The Labute approximate surface area is 175 Å². The van der Waals surface area contributed by atoms with Crippen LogP contribution >= 0.6 is 0 Å². The van der Waals surface area contributed by atoms with Crippen LogP contribution in [0.3, 0.4) is 0 Å². The molecule has 10 nitrogen and oxygen atoms in total. The summed E-state index contributed by atoms with van der Waals surface area (Å²) in [5.41, 5.74) is 6.30. The van der Waals surface area contributed by atoms with Crippen molar-refractivity contribution in [3.63, 3.8) is 0 Å². The van der Waals surface area contributed by atoms with Crippen molar-refractivity contribution in [2.24, 2.45) is 5.73 Å². The normalized spacial score (nSPS) is 19.2. The number of aliphatic hydroxyl groups is 1. The SMILES string of the molecule is COc1ncc(-c2cnc(N(C(=O)NCC(C)(C)O)[C@H]3CC[C@H](N)CC3)cn2)cn1. The summed E-state index contributed by atoms with van der Waals surface area (Å²) in [6, 6.07) is 0.0862. The third-order valence-electron chi connectivity index (χ3n) is 4.99. The second-order valence-electron chi connectivity index (χ2n) is 8.13. The highest BCUT2D eigenvalue weighted by Gasteiger charge is 2.30. The largest absolute Gasteiger partial charge is 0.467 e. The molecule has 4 N–H and O–H groups in total. The number of urea groups is 1. The molecule has 0 aliphatic heterocycles. The number of nitrogens with zero attached hydrogens (tertiary/aromatic N) is 5. The summed E-state index contributed by atoms with van der Waals surface area (Å²) in [6.45, 7) is 3.41. The lowest BCUT2D eigenvalue weighted by Crippen LogP contribution is -2.51. The Bertz CT molecular complexity index is 829. The minimum atomic E-state index is -1.01. The third kappa shape index (κ3) is 5.61. The molecule has 0 aromatic carbocycles. The molecule has 2 amide bonds. The van der Waals surface area contributed by atoms with Gasteiger partial charge in [-0.25, -0.2) is 19.7 Å². The van der Waals surface area contributed by atoms with Gasteiger partial charge in [0.15, 0.2) is 5.82 Å². The Morgan fingerprint density at radius 3 is 2.37 bits per heavy atom. The fourth-order valence-corrected chi connectivity index (χ4v) is 3.34. The molecule has 0 unspecified atom stereocenters. The number of hydrogen-bond donors (Lipinski definition) is 3. The summed E-state index contributed by atoms with van der Waals surface area (Å²) in [6.07, 6.45) is 9.61. The van der Waals surface area contributed by atoms with Crippen molar-refractivity contribution in [1.82, 2.24) is 25.3 Å². The molecule has 0 atom stereocenters. The van der Waals surface area contributed by atoms with Gasteiger partial charge in [0, 0.05) is 36.6 Å². The number of ether oxygens (including phenoxy) is 1. The van der Waals surface area contributed by atoms with E-state index in [-0.39, 0.29) is 30.7 Å². The van der Waals surface area contributed by atoms with Gasteiger partial charge in [0.05, 0.1) is 30.8 Å². The number of hydrogen-bond acceptors (Lipinski definition) is 8. The maximum absolute atomic E-state index is 13.0. The Kier molecular flexibility index (Phi) is 6.78. The van der Waals surface area contributed by atoms with Gasteiger partial charge in [-0.05, 0) is 39.5 Å². The van der Waals surface area contributed by atoms with Gasteiger partial charge in [-0.2, -0.15) is 0 Å². The van der Waals surface area contributed by atoms with Crippen molar-refractivity contribution in [2.45, 2.75) is 57.2 Å². The number of aromatic nitrogens is 4. The van der Waals surface area contributed by atoms with Crippen LogP contribution in [0.4, 0.5) is 10.6 Å². The minimum absolute atomic E-state index is 0.0314. The van der Waals surface area contributed by atoms with Crippen molar-refractivity contribution in [1.29, 1.82) is 0 Å². The minimum Gasteiger partial charge on any atom is -0.467 e. The summed E-state index contributed by atoms with van der Waals surface area (Å²) < 4.78 is 4.97. The van der Waals surface area contributed by atoms with Crippen molar-refractivity contribution in [2.75, 3.05) is 18.6 Å². The van der Waals surface area contributed by atoms with E-state index >= 15 is 0 Å². The van der Waals surface area contributed by atoms with E-state index in [0.29, 0.717) is 17.1 Å². The lowest BCUT2D eigenvalue weighted by molar-refractivity contribution is 0.0821. The highest BCUT2D eigenvalue weighted by atomic mass is 16.5. The maximum atomic E-state index is 13.0. The predicted molar refractivity (Wildman–Crippen MR) is 112 cm³/mol. The Hall–Kier alpha value is -2.85. The number of carbonyl (C=O) groups excluding carboxylic acids is 1. The van der Waals surface area contributed by atoms with Crippen LogP contribution in [0, 0.1) is 0 Å². The van der Waals surface area contributed by atoms with Crippen LogP contribution in [0.5, 0.6) is 6.01 Å². The van der Waals surface area contributed by atoms with Crippen LogP contribution in [0.1, 0.15) is 39.5 Å². The topological polar surface area (TPSA) is 139 Å². The van der Waals surface area contributed by atoms with E-state index in [2.05, 4.69) is 25.3 Å². The van der Waals surface area contributed by atoms with Gasteiger partial charge in [0.25, 0.3) is 0 Å². The quantitative estimate of drug-likeness (QED) is 0.645. The smallest absolute Gasteiger partial charge is 0.323 e. The van der Waals surface area contributed by atoms with Gasteiger partial charge in [-0.1, -0.05) is 0 Å². The van der Waals surface area contributed by atoms with Gasteiger partial charge in [0.2, 0.25) is 0 Å². The molecule has 1 saturated carbocycles. The first-order valence-electron chi connectivity index (χ1n) is 10.0. The van der Waals surface area contributed by atoms with Crippen LogP contribution in [0.2, 0.25) is 0 Å². The first-order chi connectivity index (χ1) is 14.3. The number of methoxy groups -OCH3 is 1. The molecule has 2 heterocycles. The number of nitrogens with two attached hydrogens (primary N) is 1. The monoisotopic (exact) mass is 415 g/mol. The first kappa shape index (κ1) is 21.8. The molecule has 1 aliphatic rings. The molecule has 0 saturated heterocycles. The Morgan fingerprint density at radius 2 is 1.83 bits per heavy atom. The molecule has 2 aromatic rings. The Balaban J connectivity index is 1.81. The molecule has 0 spiro atoms. The molecule has 1 aliphatic carbocycles. The van der Waals surface area contributed by atoms with E-state index in [0.717, 1.165) is 25.7 Å². The van der Waals surface area contributed by atoms with Gasteiger partial charge in [-0.15, -0.1) is 0 Å². The highest BCUT2D eigenvalue weighted by molar-refractivity contribution is 5.91. The highest BCUT2D eigenvalue weighted by Crippen LogP contribution is 2.27. The van der Waals surface area contributed by atoms with Crippen molar-refractivity contribution < 1.29 is 14.6 Å². The molecule has 2 aromatic heterocycles. The van der Waals surface area contributed by atoms with Gasteiger partial charge >= 0.3 is 12.0 Å². The zero-order chi connectivity index (χ0) is 21.7. The molecule has 0 bridgehead atoms.